The second kappa shape index (κ2) is 6.37. The monoisotopic (exact) mass is 338 g/mol. The molecule has 1 atom stereocenters. The second-order valence-corrected chi connectivity index (χ2v) is 8.50. The molecule has 0 aromatic heterocycles. The first-order valence-corrected chi connectivity index (χ1v) is 9.49. The van der Waals surface area contributed by atoms with Gasteiger partial charge in [-0.3, -0.25) is 4.79 Å². The highest BCUT2D eigenvalue weighted by Crippen LogP contribution is 2.61. The van der Waals surface area contributed by atoms with Gasteiger partial charge in [0, 0.05) is 6.04 Å². The highest BCUT2D eigenvalue weighted by molar-refractivity contribution is 5.78. The van der Waals surface area contributed by atoms with E-state index in [1.807, 2.05) is 0 Å². The second-order valence-electron chi connectivity index (χ2n) is 8.50. The first-order valence-electron chi connectivity index (χ1n) is 9.49. The first kappa shape index (κ1) is 16.4. The van der Waals surface area contributed by atoms with E-state index in [2.05, 4.69) is 18.3 Å². The molecule has 4 heteroatoms. The Morgan fingerprint density at radius 3 is 2.52 bits per heavy atom. The molecule has 1 aromatic carbocycles. The fraction of sp³-hybridized carbons (Fsp3) is 0.619. The van der Waals surface area contributed by atoms with E-state index >= 15 is 0 Å². The van der Waals surface area contributed by atoms with E-state index in [0.717, 1.165) is 17.8 Å². The third kappa shape index (κ3) is 3.25. The van der Waals surface area contributed by atoms with Crippen molar-refractivity contribution in [2.24, 2.45) is 23.2 Å². The lowest BCUT2D eigenvalue weighted by Crippen LogP contribution is -2.56. The van der Waals surface area contributed by atoms with E-state index in [0.29, 0.717) is 16.7 Å². The van der Waals surface area contributed by atoms with Crippen molar-refractivity contribution in [3.05, 3.63) is 29.8 Å². The summed E-state index contributed by atoms with van der Waals surface area (Å²) in [4.78, 5) is 12.4. The van der Waals surface area contributed by atoms with Gasteiger partial charge in [-0.25, -0.2) is 0 Å². The van der Waals surface area contributed by atoms with Gasteiger partial charge in [0.25, 0.3) is 5.91 Å². The van der Waals surface area contributed by atoms with Gasteiger partial charge in [0.2, 0.25) is 0 Å². The van der Waals surface area contributed by atoms with Gasteiger partial charge in [0.1, 0.15) is 5.75 Å². The van der Waals surface area contributed by atoms with Crippen LogP contribution in [0.1, 0.15) is 51.0 Å². The van der Waals surface area contributed by atoms with Crippen LogP contribution in [0, 0.1) is 34.5 Å². The number of carbonyl (C=O) groups is 1. The van der Waals surface area contributed by atoms with Crippen molar-refractivity contribution < 1.29 is 9.53 Å². The van der Waals surface area contributed by atoms with Gasteiger partial charge in [-0.2, -0.15) is 5.26 Å². The maximum absolute atomic E-state index is 12.4. The molecule has 4 fully saturated rings. The van der Waals surface area contributed by atoms with Crippen molar-refractivity contribution in [1.82, 2.24) is 5.32 Å². The van der Waals surface area contributed by atoms with Crippen LogP contribution >= 0.6 is 0 Å². The van der Waals surface area contributed by atoms with Crippen LogP contribution in [0.5, 0.6) is 5.75 Å². The van der Waals surface area contributed by atoms with Crippen LogP contribution in [0.25, 0.3) is 0 Å². The molecular formula is C21H26N2O2. The number of benzene rings is 1. The minimum atomic E-state index is -0.0643. The summed E-state index contributed by atoms with van der Waals surface area (Å²) in [6, 6.07) is 9.22. The van der Waals surface area contributed by atoms with E-state index in [-0.39, 0.29) is 18.6 Å². The minimum absolute atomic E-state index is 0.00554. The Bertz CT molecular complexity index is 671. The molecular weight excluding hydrogens is 312 g/mol. The summed E-state index contributed by atoms with van der Waals surface area (Å²) in [6.07, 6.45) is 8.09. The summed E-state index contributed by atoms with van der Waals surface area (Å²) in [5, 5.41) is 12.1. The van der Waals surface area contributed by atoms with E-state index in [1.54, 1.807) is 24.3 Å². The smallest absolute Gasteiger partial charge is 0.258 e. The molecule has 0 spiro atoms. The fourth-order valence-electron chi connectivity index (χ4n) is 5.95. The van der Waals surface area contributed by atoms with E-state index in [9.17, 15) is 4.79 Å². The van der Waals surface area contributed by atoms with Crippen LogP contribution in [-0.2, 0) is 4.79 Å². The Morgan fingerprint density at radius 2 is 1.92 bits per heavy atom. The van der Waals surface area contributed by atoms with Gasteiger partial charge < -0.3 is 10.1 Å². The summed E-state index contributed by atoms with van der Waals surface area (Å²) in [5.41, 5.74) is 0.852. The Labute approximate surface area is 149 Å². The fourth-order valence-corrected chi connectivity index (χ4v) is 5.95. The Balaban J connectivity index is 1.34. The Hall–Kier alpha value is -2.02. The summed E-state index contributed by atoms with van der Waals surface area (Å²) < 4.78 is 5.57. The third-order valence-electron chi connectivity index (χ3n) is 6.71. The molecule has 0 heterocycles. The molecule has 1 unspecified atom stereocenters. The maximum Gasteiger partial charge on any atom is 0.258 e. The number of rotatable bonds is 5. The largest absolute Gasteiger partial charge is 0.484 e. The zero-order chi connectivity index (χ0) is 17.4. The van der Waals surface area contributed by atoms with Gasteiger partial charge >= 0.3 is 0 Å². The van der Waals surface area contributed by atoms with Crippen molar-refractivity contribution in [1.29, 1.82) is 5.26 Å². The molecule has 4 aliphatic carbocycles. The lowest BCUT2D eigenvalue weighted by molar-refractivity contribution is -0.127. The van der Waals surface area contributed by atoms with Crippen LogP contribution in [-0.4, -0.2) is 18.6 Å². The number of nitrogens with zero attached hydrogens (tertiary/aromatic N) is 1. The van der Waals surface area contributed by atoms with Crippen LogP contribution < -0.4 is 10.1 Å². The molecule has 1 amide bonds. The summed E-state index contributed by atoms with van der Waals surface area (Å²) in [6.45, 7) is 2.19. The number of hydrogen-bond acceptors (Lipinski definition) is 3. The minimum Gasteiger partial charge on any atom is -0.484 e. The zero-order valence-corrected chi connectivity index (χ0v) is 14.8. The molecule has 0 radical (unpaired) electrons. The average Bonchev–Trinajstić information content (AvgIpc) is 2.59. The molecule has 4 aliphatic rings. The molecule has 4 bridgehead atoms. The van der Waals surface area contributed by atoms with Gasteiger partial charge in [-0.1, -0.05) is 6.07 Å². The molecule has 0 saturated heterocycles. The molecule has 132 valence electrons. The van der Waals surface area contributed by atoms with Crippen LogP contribution in [0.2, 0.25) is 0 Å². The molecule has 0 aliphatic heterocycles. The number of amides is 1. The summed E-state index contributed by atoms with van der Waals surface area (Å²) in [5.74, 6) is 3.16. The Morgan fingerprint density at radius 1 is 1.28 bits per heavy atom. The molecule has 5 rings (SSSR count). The summed E-state index contributed by atoms with van der Waals surface area (Å²) in [7, 11) is 0. The van der Waals surface area contributed by atoms with Crippen LogP contribution in [0.15, 0.2) is 24.3 Å². The van der Waals surface area contributed by atoms with Gasteiger partial charge in [-0.05, 0) is 86.8 Å². The highest BCUT2D eigenvalue weighted by atomic mass is 16.5. The van der Waals surface area contributed by atoms with E-state index in [1.165, 1.54) is 38.5 Å². The summed E-state index contributed by atoms with van der Waals surface area (Å²) >= 11 is 0. The van der Waals surface area contributed by atoms with E-state index in [4.69, 9.17) is 10.00 Å². The van der Waals surface area contributed by atoms with Gasteiger partial charge in [0.05, 0.1) is 11.6 Å². The number of ether oxygens (including phenoxy) is 1. The molecule has 1 aromatic rings. The maximum atomic E-state index is 12.4. The van der Waals surface area contributed by atoms with Crippen molar-refractivity contribution >= 4 is 5.91 Å². The predicted octanol–water partition coefficient (Wildman–Crippen LogP) is 3.66. The standard InChI is InChI=1S/C21H26N2O2/c1-14(21-9-16-5-17(10-21)7-18(6-16)11-21)23-20(24)13-25-19-4-2-3-15(8-19)12-22/h2-4,8,14,16-18H,5-7,9-11,13H2,1H3,(H,23,24). The number of hydrogen-bond donors (Lipinski definition) is 1. The zero-order valence-electron chi connectivity index (χ0n) is 14.8. The number of nitriles is 1. The first-order chi connectivity index (χ1) is 12.1. The van der Waals surface area contributed by atoms with Crippen LogP contribution in [0.3, 0.4) is 0 Å². The van der Waals surface area contributed by atoms with Crippen molar-refractivity contribution in [2.75, 3.05) is 6.61 Å². The molecule has 25 heavy (non-hydrogen) atoms. The Kier molecular flexibility index (Phi) is 4.19. The molecule has 1 N–H and O–H groups in total. The van der Waals surface area contributed by atoms with Crippen LogP contribution in [0.4, 0.5) is 0 Å². The topological polar surface area (TPSA) is 62.1 Å². The average molecular weight is 338 g/mol. The predicted molar refractivity (Wildman–Crippen MR) is 94.9 cm³/mol. The molecule has 4 saturated carbocycles. The van der Waals surface area contributed by atoms with Gasteiger partial charge in [0.15, 0.2) is 6.61 Å². The van der Waals surface area contributed by atoms with Gasteiger partial charge in [-0.15, -0.1) is 0 Å². The lowest BCUT2D eigenvalue weighted by atomic mass is 9.48. The molecule has 4 nitrogen and oxygen atoms in total. The normalized spacial score (nSPS) is 33.5. The quantitative estimate of drug-likeness (QED) is 0.891. The highest BCUT2D eigenvalue weighted by Gasteiger charge is 2.53. The lowest BCUT2D eigenvalue weighted by Gasteiger charge is -2.59. The van der Waals surface area contributed by atoms with Crippen molar-refractivity contribution in [3.63, 3.8) is 0 Å². The van der Waals surface area contributed by atoms with E-state index < -0.39 is 0 Å². The third-order valence-corrected chi connectivity index (χ3v) is 6.71. The number of carbonyl (C=O) groups excluding carboxylic acids is 1. The van der Waals surface area contributed by atoms with Crippen molar-refractivity contribution in [2.45, 2.75) is 51.5 Å². The van der Waals surface area contributed by atoms with Crippen molar-refractivity contribution in [3.8, 4) is 11.8 Å². The SMILES string of the molecule is CC(NC(=O)COc1cccc(C#N)c1)C12CC3CC(CC(C3)C1)C2. The number of nitrogens with one attached hydrogen (secondary N) is 1.